The van der Waals surface area contributed by atoms with Gasteiger partial charge in [-0.1, -0.05) is 29.8 Å². The van der Waals surface area contributed by atoms with Crippen molar-refractivity contribution in [3.8, 4) is 11.5 Å². The van der Waals surface area contributed by atoms with Crippen LogP contribution in [0.3, 0.4) is 0 Å². The second kappa shape index (κ2) is 10.7. The monoisotopic (exact) mass is 484 g/mol. The Bertz CT molecular complexity index is 1040. The van der Waals surface area contributed by atoms with Gasteiger partial charge in [-0.3, -0.25) is 9.59 Å². The van der Waals surface area contributed by atoms with E-state index in [1.165, 1.54) is 0 Å². The zero-order chi connectivity index (χ0) is 24.2. The summed E-state index contributed by atoms with van der Waals surface area (Å²) in [5, 5.41) is 0.648. The number of aryl methyl sites for hydroxylation is 1. The summed E-state index contributed by atoms with van der Waals surface area (Å²) in [5.41, 5.74) is 1.81. The maximum Gasteiger partial charge on any atom is 0.263 e. The molecule has 2 aliphatic heterocycles. The fourth-order valence-electron chi connectivity index (χ4n) is 5.25. The Morgan fingerprint density at radius 2 is 1.91 bits per heavy atom. The molecule has 2 saturated heterocycles. The van der Waals surface area contributed by atoms with E-state index < -0.39 is 6.10 Å². The minimum Gasteiger partial charge on any atom is -0.496 e. The van der Waals surface area contributed by atoms with Crippen LogP contribution in [0.5, 0.6) is 11.5 Å². The molecule has 0 N–H and O–H groups in total. The number of methoxy groups -OCH3 is 1. The summed E-state index contributed by atoms with van der Waals surface area (Å²) in [7, 11) is 1.63. The molecule has 0 aliphatic carbocycles. The van der Waals surface area contributed by atoms with E-state index in [0.29, 0.717) is 30.3 Å². The van der Waals surface area contributed by atoms with Crippen LogP contribution in [0, 0.1) is 12.8 Å². The first-order valence-electron chi connectivity index (χ1n) is 12.0. The standard InChI is InChI=1S/C27H33ClN2O4/c1-18-15-22(28)10-11-24(18)34-19(2)27(32)30-13-6-8-21-17-29(14-12-23(21)30)26(31)16-20-7-4-5-9-25(20)33-3/h4-5,7,9-11,15,19,21,23H,6,8,12-14,16-17H2,1-3H3/t19?,21-,23-/m1/s1. The van der Waals surface area contributed by atoms with Crippen LogP contribution in [-0.2, 0) is 16.0 Å². The maximum absolute atomic E-state index is 13.3. The zero-order valence-corrected chi connectivity index (χ0v) is 20.9. The van der Waals surface area contributed by atoms with Gasteiger partial charge in [0, 0.05) is 36.3 Å². The molecule has 34 heavy (non-hydrogen) atoms. The number of hydrogen-bond acceptors (Lipinski definition) is 4. The lowest BCUT2D eigenvalue weighted by Gasteiger charge is -2.47. The Labute approximate surface area is 206 Å². The number of ether oxygens (including phenoxy) is 2. The quantitative estimate of drug-likeness (QED) is 0.605. The molecule has 2 aliphatic rings. The Morgan fingerprint density at radius 3 is 2.68 bits per heavy atom. The molecule has 7 heteroatoms. The highest BCUT2D eigenvalue weighted by Gasteiger charge is 2.40. The number of piperidine rings is 2. The van der Waals surface area contributed by atoms with E-state index in [-0.39, 0.29) is 23.8 Å². The number of halogens is 1. The summed E-state index contributed by atoms with van der Waals surface area (Å²) in [4.78, 5) is 30.3. The summed E-state index contributed by atoms with van der Waals surface area (Å²) in [6.07, 6.45) is 2.51. The van der Waals surface area contributed by atoms with Gasteiger partial charge < -0.3 is 19.3 Å². The third-order valence-electron chi connectivity index (χ3n) is 7.03. The van der Waals surface area contributed by atoms with Gasteiger partial charge in [-0.05, 0) is 68.9 Å². The molecule has 0 spiro atoms. The molecule has 2 amide bonds. The van der Waals surface area contributed by atoms with Crippen molar-refractivity contribution in [2.45, 2.75) is 51.7 Å². The Kier molecular flexibility index (Phi) is 7.67. The maximum atomic E-state index is 13.3. The number of amides is 2. The van der Waals surface area contributed by atoms with Crippen LogP contribution in [0.25, 0.3) is 0 Å². The van der Waals surface area contributed by atoms with E-state index >= 15 is 0 Å². The van der Waals surface area contributed by atoms with Crippen LogP contribution < -0.4 is 9.47 Å². The number of likely N-dealkylation sites (tertiary alicyclic amines) is 2. The zero-order valence-electron chi connectivity index (χ0n) is 20.1. The molecule has 182 valence electrons. The van der Waals surface area contributed by atoms with Crippen LogP contribution in [0.15, 0.2) is 42.5 Å². The Balaban J connectivity index is 1.38. The first-order chi connectivity index (χ1) is 16.4. The van der Waals surface area contributed by atoms with Crippen LogP contribution in [0.4, 0.5) is 0 Å². The second-order valence-electron chi connectivity index (χ2n) is 9.29. The lowest BCUT2D eigenvalue weighted by molar-refractivity contribution is -0.147. The van der Waals surface area contributed by atoms with Crippen LogP contribution in [-0.4, -0.2) is 60.5 Å². The summed E-state index contributed by atoms with van der Waals surface area (Å²) in [6.45, 7) is 5.82. The number of fused-ring (bicyclic) bond motifs is 1. The molecule has 0 aromatic heterocycles. The molecule has 3 atom stereocenters. The number of benzene rings is 2. The number of carbonyl (C=O) groups is 2. The van der Waals surface area contributed by atoms with E-state index in [4.69, 9.17) is 21.1 Å². The van der Waals surface area contributed by atoms with Crippen molar-refractivity contribution >= 4 is 23.4 Å². The van der Waals surface area contributed by atoms with E-state index in [0.717, 1.165) is 42.7 Å². The molecule has 1 unspecified atom stereocenters. The molecular weight excluding hydrogens is 452 g/mol. The first kappa shape index (κ1) is 24.4. The largest absolute Gasteiger partial charge is 0.496 e. The summed E-state index contributed by atoms with van der Waals surface area (Å²) >= 11 is 6.04. The van der Waals surface area contributed by atoms with Crippen molar-refractivity contribution in [2.24, 2.45) is 5.92 Å². The number of hydrogen-bond donors (Lipinski definition) is 0. The molecule has 2 aromatic rings. The van der Waals surface area contributed by atoms with Gasteiger partial charge >= 0.3 is 0 Å². The SMILES string of the molecule is COc1ccccc1CC(=O)N1CC[C@@H]2[C@H](CCCN2C(=O)C(C)Oc2ccc(Cl)cc2C)C1. The van der Waals surface area contributed by atoms with Gasteiger partial charge in [0.15, 0.2) is 6.10 Å². The van der Waals surface area contributed by atoms with E-state index in [2.05, 4.69) is 0 Å². The van der Waals surface area contributed by atoms with Gasteiger partial charge in [0.2, 0.25) is 5.91 Å². The third-order valence-corrected chi connectivity index (χ3v) is 7.26. The lowest BCUT2D eigenvalue weighted by atomic mass is 9.83. The number of rotatable bonds is 6. The molecule has 0 saturated carbocycles. The molecule has 2 aromatic carbocycles. The van der Waals surface area contributed by atoms with Gasteiger partial charge in [0.25, 0.3) is 5.91 Å². The van der Waals surface area contributed by atoms with Crippen molar-refractivity contribution in [1.82, 2.24) is 9.80 Å². The molecule has 0 bridgehead atoms. The molecule has 4 rings (SSSR count). The van der Waals surface area contributed by atoms with Gasteiger partial charge in [-0.15, -0.1) is 0 Å². The molecule has 6 nitrogen and oxygen atoms in total. The van der Waals surface area contributed by atoms with Crippen molar-refractivity contribution < 1.29 is 19.1 Å². The van der Waals surface area contributed by atoms with Crippen LogP contribution in [0.1, 0.15) is 37.3 Å². The van der Waals surface area contributed by atoms with Crippen molar-refractivity contribution in [1.29, 1.82) is 0 Å². The average molecular weight is 485 g/mol. The van der Waals surface area contributed by atoms with Gasteiger partial charge in [0.1, 0.15) is 11.5 Å². The third kappa shape index (κ3) is 5.33. The predicted molar refractivity (Wildman–Crippen MR) is 132 cm³/mol. The smallest absolute Gasteiger partial charge is 0.263 e. The molecule has 2 heterocycles. The fourth-order valence-corrected chi connectivity index (χ4v) is 5.47. The van der Waals surface area contributed by atoms with Gasteiger partial charge in [-0.2, -0.15) is 0 Å². The van der Waals surface area contributed by atoms with Gasteiger partial charge in [0.05, 0.1) is 13.5 Å². The highest BCUT2D eigenvalue weighted by molar-refractivity contribution is 6.30. The second-order valence-corrected chi connectivity index (χ2v) is 9.72. The van der Waals surface area contributed by atoms with Crippen molar-refractivity contribution in [3.63, 3.8) is 0 Å². The minimum atomic E-state index is -0.580. The Hall–Kier alpha value is -2.73. The summed E-state index contributed by atoms with van der Waals surface area (Å²) in [5.74, 6) is 1.83. The normalized spacial score (nSPS) is 20.9. The highest BCUT2D eigenvalue weighted by Crippen LogP contribution is 2.32. The van der Waals surface area contributed by atoms with E-state index in [1.54, 1.807) is 13.2 Å². The topological polar surface area (TPSA) is 59.1 Å². The highest BCUT2D eigenvalue weighted by atomic mass is 35.5. The number of para-hydroxylation sites is 1. The van der Waals surface area contributed by atoms with Gasteiger partial charge in [-0.25, -0.2) is 0 Å². The van der Waals surface area contributed by atoms with Crippen LogP contribution >= 0.6 is 11.6 Å². The fraction of sp³-hybridized carbons (Fsp3) is 0.481. The molecule has 2 fully saturated rings. The Morgan fingerprint density at radius 1 is 1.12 bits per heavy atom. The van der Waals surface area contributed by atoms with Crippen molar-refractivity contribution in [3.05, 3.63) is 58.6 Å². The van der Waals surface area contributed by atoms with E-state index in [9.17, 15) is 9.59 Å². The van der Waals surface area contributed by atoms with E-state index in [1.807, 2.05) is 60.0 Å². The lowest BCUT2D eigenvalue weighted by Crippen LogP contribution is -2.58. The average Bonchev–Trinajstić information content (AvgIpc) is 2.84. The van der Waals surface area contributed by atoms with Crippen LogP contribution in [0.2, 0.25) is 5.02 Å². The minimum absolute atomic E-state index is 0.0119. The summed E-state index contributed by atoms with van der Waals surface area (Å²) < 4.78 is 11.4. The first-order valence-corrected chi connectivity index (χ1v) is 12.4. The van der Waals surface area contributed by atoms with Crippen molar-refractivity contribution in [2.75, 3.05) is 26.7 Å². The summed E-state index contributed by atoms with van der Waals surface area (Å²) in [6, 6.07) is 13.2. The number of carbonyl (C=O) groups excluding carboxylic acids is 2. The predicted octanol–water partition coefficient (Wildman–Crippen LogP) is 4.51. The molecular formula is C27H33ClN2O4. The number of nitrogens with zero attached hydrogens (tertiary/aromatic N) is 2. The molecule has 0 radical (unpaired) electrons.